The molecule has 0 saturated carbocycles. The number of ether oxygens (including phenoxy) is 1. The molecule has 7 heteroatoms. The molecule has 1 heterocycles. The monoisotopic (exact) mass is 497 g/mol. The van der Waals surface area contributed by atoms with Crippen LogP contribution in [0.2, 0.25) is 0 Å². The SMILES string of the molecule is CN(C=O)c1cc(OCc2ccccc2)ccc1[C@H]1Nc2cccc(O)c2NC2=C1C(=O)CC(C)(C)C2. The first-order chi connectivity index (χ1) is 17.8. The normalized spacial score (nSPS) is 18.0. The number of carbonyl (C=O) groups is 2. The van der Waals surface area contributed by atoms with Gasteiger partial charge in [0.2, 0.25) is 6.41 Å². The van der Waals surface area contributed by atoms with Crippen LogP contribution >= 0.6 is 0 Å². The predicted octanol–water partition coefficient (Wildman–Crippen LogP) is 5.79. The highest BCUT2D eigenvalue weighted by Gasteiger charge is 2.40. The highest BCUT2D eigenvalue weighted by Crippen LogP contribution is 2.48. The van der Waals surface area contributed by atoms with E-state index in [4.69, 9.17) is 4.74 Å². The van der Waals surface area contributed by atoms with Crippen LogP contribution in [0.25, 0.3) is 0 Å². The van der Waals surface area contributed by atoms with Crippen LogP contribution in [0.1, 0.15) is 43.9 Å². The molecule has 0 spiro atoms. The smallest absolute Gasteiger partial charge is 0.213 e. The van der Waals surface area contributed by atoms with E-state index in [1.807, 2.05) is 54.6 Å². The number of nitrogens with zero attached hydrogens (tertiary/aromatic N) is 1. The van der Waals surface area contributed by atoms with Crippen molar-refractivity contribution >= 4 is 29.3 Å². The average Bonchev–Trinajstić information content (AvgIpc) is 3.04. The topological polar surface area (TPSA) is 90.9 Å². The second-order valence-corrected chi connectivity index (χ2v) is 10.4. The van der Waals surface area contributed by atoms with E-state index in [1.54, 1.807) is 19.2 Å². The number of amides is 1. The number of rotatable bonds is 6. The maximum absolute atomic E-state index is 13.6. The summed E-state index contributed by atoms with van der Waals surface area (Å²) in [6.07, 6.45) is 1.80. The van der Waals surface area contributed by atoms with Crippen molar-refractivity contribution in [3.8, 4) is 11.5 Å². The van der Waals surface area contributed by atoms with Crippen LogP contribution in [0, 0.1) is 5.41 Å². The summed E-state index contributed by atoms with van der Waals surface area (Å²) in [6, 6.07) is 20.2. The van der Waals surface area contributed by atoms with E-state index >= 15 is 0 Å². The van der Waals surface area contributed by atoms with Gasteiger partial charge in [-0.05, 0) is 35.6 Å². The minimum Gasteiger partial charge on any atom is -0.506 e. The van der Waals surface area contributed by atoms with Gasteiger partial charge in [-0.1, -0.05) is 56.3 Å². The predicted molar refractivity (Wildman–Crippen MR) is 145 cm³/mol. The van der Waals surface area contributed by atoms with Crippen molar-refractivity contribution in [2.45, 2.75) is 39.3 Å². The number of carbonyl (C=O) groups excluding carboxylic acids is 2. The molecule has 1 aliphatic carbocycles. The Balaban J connectivity index is 1.60. The molecule has 0 aromatic heterocycles. The van der Waals surface area contributed by atoms with E-state index < -0.39 is 6.04 Å². The summed E-state index contributed by atoms with van der Waals surface area (Å²) in [4.78, 5) is 27.0. The number of hydrogen-bond donors (Lipinski definition) is 3. The van der Waals surface area contributed by atoms with Gasteiger partial charge in [0, 0.05) is 36.4 Å². The van der Waals surface area contributed by atoms with E-state index in [1.165, 1.54) is 4.90 Å². The number of nitrogens with one attached hydrogen (secondary N) is 2. The number of anilines is 3. The molecule has 0 unspecified atom stereocenters. The lowest BCUT2D eigenvalue weighted by Crippen LogP contribution is -2.32. The molecule has 37 heavy (non-hydrogen) atoms. The molecule has 1 aliphatic heterocycles. The maximum Gasteiger partial charge on any atom is 0.213 e. The van der Waals surface area contributed by atoms with E-state index in [0.717, 1.165) is 23.2 Å². The van der Waals surface area contributed by atoms with Crippen molar-refractivity contribution in [2.24, 2.45) is 5.41 Å². The Bertz CT molecular complexity index is 1380. The van der Waals surface area contributed by atoms with E-state index in [9.17, 15) is 14.7 Å². The van der Waals surface area contributed by atoms with Gasteiger partial charge >= 0.3 is 0 Å². The molecule has 2 aliphatic rings. The summed E-state index contributed by atoms with van der Waals surface area (Å²) >= 11 is 0. The Morgan fingerprint density at radius 2 is 1.86 bits per heavy atom. The summed E-state index contributed by atoms with van der Waals surface area (Å²) < 4.78 is 6.03. The van der Waals surface area contributed by atoms with Crippen molar-refractivity contribution in [3.05, 3.63) is 89.1 Å². The van der Waals surface area contributed by atoms with E-state index in [0.29, 0.717) is 47.8 Å². The van der Waals surface area contributed by atoms with Crippen LogP contribution in [0.5, 0.6) is 11.5 Å². The molecule has 1 amide bonds. The summed E-state index contributed by atoms with van der Waals surface area (Å²) in [5, 5.41) is 17.5. The summed E-state index contributed by atoms with van der Waals surface area (Å²) in [7, 11) is 1.68. The summed E-state index contributed by atoms with van der Waals surface area (Å²) in [5.74, 6) is 0.752. The number of phenols is 1. The molecule has 0 radical (unpaired) electrons. The molecular formula is C30H31N3O4. The number of ketones is 1. The highest BCUT2D eigenvalue weighted by molar-refractivity contribution is 6.02. The quantitative estimate of drug-likeness (QED) is 0.295. The van der Waals surface area contributed by atoms with Crippen molar-refractivity contribution in [3.63, 3.8) is 0 Å². The molecule has 0 bridgehead atoms. The number of aromatic hydroxyl groups is 1. The minimum atomic E-state index is -0.533. The largest absolute Gasteiger partial charge is 0.506 e. The summed E-state index contributed by atoms with van der Waals surface area (Å²) in [5.41, 5.74) is 4.82. The van der Waals surface area contributed by atoms with Gasteiger partial charge in [0.05, 0.1) is 17.4 Å². The first-order valence-electron chi connectivity index (χ1n) is 12.4. The van der Waals surface area contributed by atoms with Crippen molar-refractivity contribution < 1.29 is 19.4 Å². The van der Waals surface area contributed by atoms with Crippen LogP contribution in [0.4, 0.5) is 17.1 Å². The molecular weight excluding hydrogens is 466 g/mol. The molecule has 190 valence electrons. The summed E-state index contributed by atoms with van der Waals surface area (Å²) in [6.45, 7) is 4.53. The Kier molecular flexibility index (Phi) is 6.38. The van der Waals surface area contributed by atoms with E-state index in [2.05, 4.69) is 24.5 Å². The number of allylic oxidation sites excluding steroid dienone is 1. The Morgan fingerprint density at radius 3 is 2.62 bits per heavy atom. The number of para-hydroxylation sites is 1. The van der Waals surface area contributed by atoms with Gasteiger partial charge in [-0.25, -0.2) is 0 Å². The van der Waals surface area contributed by atoms with Crippen LogP contribution in [-0.2, 0) is 16.2 Å². The lowest BCUT2D eigenvalue weighted by atomic mass is 9.73. The molecule has 0 fully saturated rings. The zero-order chi connectivity index (χ0) is 26.2. The zero-order valence-electron chi connectivity index (χ0n) is 21.2. The average molecular weight is 498 g/mol. The van der Waals surface area contributed by atoms with Crippen LogP contribution < -0.4 is 20.3 Å². The minimum absolute atomic E-state index is 0.0349. The first kappa shape index (κ1) is 24.4. The highest BCUT2D eigenvalue weighted by atomic mass is 16.5. The fraction of sp³-hybridized carbons (Fsp3) is 0.267. The van der Waals surface area contributed by atoms with Gasteiger partial charge < -0.3 is 25.4 Å². The van der Waals surface area contributed by atoms with Crippen LogP contribution in [-0.4, -0.2) is 24.3 Å². The third-order valence-corrected chi connectivity index (χ3v) is 6.93. The molecule has 5 rings (SSSR count). The Labute approximate surface area is 216 Å². The van der Waals surface area contributed by atoms with Gasteiger partial charge in [-0.3, -0.25) is 9.59 Å². The number of hydrogen-bond acceptors (Lipinski definition) is 6. The molecule has 1 atom stereocenters. The molecule has 3 aromatic rings. The molecule has 3 aromatic carbocycles. The fourth-order valence-corrected chi connectivity index (χ4v) is 5.15. The zero-order valence-corrected chi connectivity index (χ0v) is 21.2. The lowest BCUT2D eigenvalue weighted by molar-refractivity contribution is -0.118. The first-order valence-corrected chi connectivity index (χ1v) is 12.4. The second-order valence-electron chi connectivity index (χ2n) is 10.4. The van der Waals surface area contributed by atoms with Gasteiger partial charge in [-0.2, -0.15) is 0 Å². The van der Waals surface area contributed by atoms with Crippen LogP contribution in [0.3, 0.4) is 0 Å². The Hall–Kier alpha value is -4.26. The van der Waals surface area contributed by atoms with E-state index in [-0.39, 0.29) is 16.9 Å². The lowest BCUT2D eigenvalue weighted by Gasteiger charge is -2.35. The van der Waals surface area contributed by atoms with Crippen LogP contribution in [0.15, 0.2) is 78.0 Å². The molecule has 3 N–H and O–H groups in total. The number of fused-ring (bicyclic) bond motifs is 1. The maximum atomic E-state index is 13.6. The molecule has 7 nitrogen and oxygen atoms in total. The van der Waals surface area contributed by atoms with Crippen molar-refractivity contribution in [1.29, 1.82) is 0 Å². The van der Waals surface area contributed by atoms with Gasteiger partial charge in [0.25, 0.3) is 0 Å². The number of phenolic OH excluding ortho intramolecular Hbond substituents is 1. The van der Waals surface area contributed by atoms with Gasteiger partial charge in [0.15, 0.2) is 5.78 Å². The second kappa shape index (κ2) is 9.65. The third kappa shape index (κ3) is 4.89. The Morgan fingerprint density at radius 1 is 1.08 bits per heavy atom. The fourth-order valence-electron chi connectivity index (χ4n) is 5.15. The van der Waals surface area contributed by atoms with Gasteiger partial charge in [-0.15, -0.1) is 0 Å². The third-order valence-electron chi connectivity index (χ3n) is 6.93. The molecule has 0 saturated heterocycles. The van der Waals surface area contributed by atoms with Crippen molar-refractivity contribution in [2.75, 3.05) is 22.6 Å². The number of benzene rings is 3. The number of Topliss-reactive ketones (excluding diaryl/α,β-unsaturated/α-hetero) is 1. The standard InChI is InChI=1S/C30H31N3O4/c1-30(2)15-23-27(26(36)16-30)28(31-22-10-7-11-25(35)29(22)32-23)21-13-12-20(14-24(21)33(3)18-34)37-17-19-8-5-4-6-9-19/h4-14,18,28,31-32,35H,15-17H2,1-3H3/t28-/m1/s1. The van der Waals surface area contributed by atoms with Gasteiger partial charge in [0.1, 0.15) is 23.8 Å². The van der Waals surface area contributed by atoms with Crippen molar-refractivity contribution in [1.82, 2.24) is 0 Å².